The molecule has 5 aliphatic rings. The molecule has 1 aliphatic heterocycles. The van der Waals surface area contributed by atoms with E-state index in [-0.39, 0.29) is 29.2 Å². The minimum atomic E-state index is -0.304. The summed E-state index contributed by atoms with van der Waals surface area (Å²) in [5.74, 6) is 1.82. The lowest BCUT2D eigenvalue weighted by atomic mass is 9.49. The summed E-state index contributed by atoms with van der Waals surface area (Å²) >= 11 is 0. The van der Waals surface area contributed by atoms with Crippen LogP contribution in [0.3, 0.4) is 0 Å². The molecule has 6 rings (SSSR count). The molecule has 4 saturated carbocycles. The summed E-state index contributed by atoms with van der Waals surface area (Å²) in [5, 5.41) is 0. The van der Waals surface area contributed by atoms with Gasteiger partial charge in [0.2, 0.25) is 0 Å². The largest absolute Gasteiger partial charge is 0.457 e. The Labute approximate surface area is 173 Å². The predicted molar refractivity (Wildman–Crippen MR) is 113 cm³/mol. The van der Waals surface area contributed by atoms with Crippen LogP contribution < -0.4 is 4.90 Å². The SMILES string of the molecule is CN1C(=CC(=O)COC(=O)C23CC4CC(CC(C4)C2)C3)C(C)(C)c2ccccc21. The number of allylic oxidation sites excluding steroid dienone is 1. The smallest absolute Gasteiger partial charge is 0.312 e. The van der Waals surface area contributed by atoms with Crippen LogP contribution in [0.15, 0.2) is 36.0 Å². The van der Waals surface area contributed by atoms with Crippen LogP contribution in [0.25, 0.3) is 0 Å². The van der Waals surface area contributed by atoms with E-state index in [0.717, 1.165) is 30.6 Å². The number of esters is 1. The van der Waals surface area contributed by atoms with Crippen molar-refractivity contribution in [2.75, 3.05) is 18.6 Å². The van der Waals surface area contributed by atoms with Gasteiger partial charge in [0.05, 0.1) is 5.41 Å². The third kappa shape index (κ3) is 2.94. The van der Waals surface area contributed by atoms with Gasteiger partial charge in [0.25, 0.3) is 0 Å². The van der Waals surface area contributed by atoms with Crippen LogP contribution in [-0.4, -0.2) is 25.4 Å². The van der Waals surface area contributed by atoms with Crippen molar-refractivity contribution in [1.29, 1.82) is 0 Å². The van der Waals surface area contributed by atoms with Crippen molar-refractivity contribution in [3.63, 3.8) is 0 Å². The Hall–Kier alpha value is -2.10. The van der Waals surface area contributed by atoms with E-state index in [2.05, 4.69) is 30.9 Å². The second-order valence-corrected chi connectivity index (χ2v) is 10.5. The Bertz CT molecular complexity index is 862. The molecule has 4 aliphatic carbocycles. The zero-order valence-corrected chi connectivity index (χ0v) is 17.7. The second kappa shape index (κ2) is 6.45. The van der Waals surface area contributed by atoms with Gasteiger partial charge in [-0.1, -0.05) is 32.0 Å². The number of ether oxygens (including phenoxy) is 1. The Kier molecular flexibility index (Phi) is 4.20. The molecule has 29 heavy (non-hydrogen) atoms. The molecule has 1 aromatic carbocycles. The highest BCUT2D eigenvalue weighted by molar-refractivity contribution is 5.94. The lowest BCUT2D eigenvalue weighted by Crippen LogP contribution is -2.50. The van der Waals surface area contributed by atoms with Crippen molar-refractivity contribution >= 4 is 17.4 Å². The topological polar surface area (TPSA) is 46.6 Å². The van der Waals surface area contributed by atoms with Crippen LogP contribution in [0.4, 0.5) is 5.69 Å². The molecule has 4 nitrogen and oxygen atoms in total. The predicted octanol–water partition coefficient (Wildman–Crippen LogP) is 4.63. The maximum Gasteiger partial charge on any atom is 0.312 e. The first kappa shape index (κ1) is 18.9. The Morgan fingerprint density at radius 2 is 1.66 bits per heavy atom. The van der Waals surface area contributed by atoms with Crippen LogP contribution >= 0.6 is 0 Å². The molecule has 1 heterocycles. The molecular formula is C25H31NO3. The van der Waals surface area contributed by atoms with Crippen molar-refractivity contribution < 1.29 is 14.3 Å². The van der Waals surface area contributed by atoms with E-state index in [9.17, 15) is 9.59 Å². The fourth-order valence-electron chi connectivity index (χ4n) is 7.10. The molecule has 1 aromatic rings. The van der Waals surface area contributed by atoms with Crippen LogP contribution in [0.2, 0.25) is 0 Å². The van der Waals surface area contributed by atoms with Crippen LogP contribution in [0, 0.1) is 23.2 Å². The van der Waals surface area contributed by atoms with Gasteiger partial charge in [-0.25, -0.2) is 0 Å². The summed E-state index contributed by atoms with van der Waals surface area (Å²) in [4.78, 5) is 27.8. The van der Waals surface area contributed by atoms with Crippen LogP contribution in [0.5, 0.6) is 0 Å². The summed E-state index contributed by atoms with van der Waals surface area (Å²) in [7, 11) is 1.99. The van der Waals surface area contributed by atoms with Crippen LogP contribution in [-0.2, 0) is 19.7 Å². The summed E-state index contributed by atoms with van der Waals surface area (Å²) < 4.78 is 5.63. The van der Waals surface area contributed by atoms with Crippen molar-refractivity contribution in [2.24, 2.45) is 23.2 Å². The third-order valence-corrected chi connectivity index (χ3v) is 8.05. The molecule has 0 radical (unpaired) electrons. The van der Waals surface area contributed by atoms with Crippen molar-refractivity contribution in [2.45, 2.75) is 57.8 Å². The number of anilines is 1. The van der Waals surface area contributed by atoms with E-state index in [0.29, 0.717) is 17.8 Å². The number of carbonyl (C=O) groups is 2. The molecule has 0 atom stereocenters. The van der Waals surface area contributed by atoms with E-state index < -0.39 is 0 Å². The van der Waals surface area contributed by atoms with E-state index in [1.165, 1.54) is 24.8 Å². The number of hydrogen-bond donors (Lipinski definition) is 0. The molecule has 154 valence electrons. The number of fused-ring (bicyclic) bond motifs is 1. The maximum atomic E-state index is 13.0. The molecule has 0 N–H and O–H groups in total. The van der Waals surface area contributed by atoms with E-state index in [4.69, 9.17) is 4.74 Å². The Balaban J connectivity index is 1.28. The van der Waals surface area contributed by atoms with Crippen LogP contribution in [0.1, 0.15) is 57.9 Å². The Morgan fingerprint density at radius 1 is 1.07 bits per heavy atom. The van der Waals surface area contributed by atoms with E-state index >= 15 is 0 Å². The average molecular weight is 394 g/mol. The van der Waals surface area contributed by atoms with Gasteiger partial charge >= 0.3 is 5.97 Å². The molecule has 0 unspecified atom stereocenters. The molecular weight excluding hydrogens is 362 g/mol. The van der Waals surface area contributed by atoms with Gasteiger partial charge in [0.1, 0.15) is 0 Å². The summed E-state index contributed by atoms with van der Waals surface area (Å²) in [5.41, 5.74) is 2.75. The van der Waals surface area contributed by atoms with Gasteiger partial charge in [0, 0.05) is 29.9 Å². The highest BCUT2D eigenvalue weighted by atomic mass is 16.5. The Morgan fingerprint density at radius 3 is 2.24 bits per heavy atom. The molecule has 0 spiro atoms. The number of likely N-dealkylation sites (N-methyl/N-ethyl adjacent to an activating group) is 1. The monoisotopic (exact) mass is 393 g/mol. The maximum absolute atomic E-state index is 13.0. The number of benzene rings is 1. The third-order valence-electron chi connectivity index (χ3n) is 8.05. The van der Waals surface area contributed by atoms with Gasteiger partial charge < -0.3 is 9.64 Å². The zero-order valence-electron chi connectivity index (χ0n) is 17.7. The summed E-state index contributed by atoms with van der Waals surface area (Å²) in [6.07, 6.45) is 8.46. The molecule has 4 bridgehead atoms. The highest BCUT2D eigenvalue weighted by Gasteiger charge is 2.55. The van der Waals surface area contributed by atoms with Gasteiger partial charge in [0.15, 0.2) is 12.4 Å². The molecule has 0 saturated heterocycles. The van der Waals surface area contributed by atoms with Crippen molar-refractivity contribution in [3.05, 3.63) is 41.6 Å². The lowest BCUT2D eigenvalue weighted by molar-refractivity contribution is -0.172. The average Bonchev–Trinajstić information content (AvgIpc) is 2.86. The zero-order chi connectivity index (χ0) is 20.4. The van der Waals surface area contributed by atoms with Gasteiger partial charge in [-0.3, -0.25) is 9.59 Å². The minimum Gasteiger partial charge on any atom is -0.457 e. The standard InChI is InChI=1S/C25H31NO3/c1-24(2)20-6-4-5-7-21(20)26(3)22(24)11-19(27)15-29-23(28)25-12-16-8-17(13-25)10-18(9-16)14-25/h4-7,11,16-18H,8-10,12-15H2,1-3H3. The van der Waals surface area contributed by atoms with Crippen molar-refractivity contribution in [1.82, 2.24) is 0 Å². The molecule has 4 heteroatoms. The number of carbonyl (C=O) groups excluding carboxylic acids is 2. The fourth-order valence-corrected chi connectivity index (χ4v) is 7.10. The van der Waals surface area contributed by atoms with E-state index in [1.54, 1.807) is 6.08 Å². The first-order chi connectivity index (χ1) is 13.8. The number of hydrogen-bond acceptors (Lipinski definition) is 4. The number of ketones is 1. The fraction of sp³-hybridized carbons (Fsp3) is 0.600. The van der Waals surface area contributed by atoms with Gasteiger partial charge in [-0.15, -0.1) is 0 Å². The summed E-state index contributed by atoms with van der Waals surface area (Å²) in [6, 6.07) is 8.25. The summed E-state index contributed by atoms with van der Waals surface area (Å²) in [6.45, 7) is 4.12. The van der Waals surface area contributed by atoms with Crippen molar-refractivity contribution in [3.8, 4) is 0 Å². The molecule has 0 aromatic heterocycles. The van der Waals surface area contributed by atoms with Gasteiger partial charge in [-0.05, 0) is 67.9 Å². The molecule has 4 fully saturated rings. The number of nitrogens with zero attached hydrogens (tertiary/aromatic N) is 1. The van der Waals surface area contributed by atoms with Gasteiger partial charge in [-0.2, -0.15) is 0 Å². The molecule has 0 amide bonds. The normalized spacial score (nSPS) is 35.1. The minimum absolute atomic E-state index is 0.120. The quantitative estimate of drug-likeness (QED) is 0.553. The number of rotatable bonds is 4. The highest BCUT2D eigenvalue weighted by Crippen LogP contribution is 2.60. The van der Waals surface area contributed by atoms with E-state index in [1.807, 2.05) is 19.2 Å². The second-order valence-electron chi connectivity index (χ2n) is 10.5. The first-order valence-corrected chi connectivity index (χ1v) is 11.0. The first-order valence-electron chi connectivity index (χ1n) is 11.0. The number of para-hydroxylation sites is 1. The lowest BCUT2D eigenvalue weighted by Gasteiger charge is -2.55.